The molecule has 3 aromatic rings. The lowest BCUT2D eigenvalue weighted by Crippen LogP contribution is -2.46. The molecule has 20 heavy (non-hydrogen) atoms. The molecule has 0 saturated heterocycles. The predicted molar refractivity (Wildman–Crippen MR) is 82.8 cm³/mol. The van der Waals surface area contributed by atoms with Crippen molar-refractivity contribution in [1.82, 2.24) is 0 Å². The van der Waals surface area contributed by atoms with Gasteiger partial charge in [0.15, 0.2) is 0 Å². The van der Waals surface area contributed by atoms with Gasteiger partial charge in [-0.15, -0.1) is 0 Å². The molecule has 96 valence electrons. The molecule has 1 aliphatic heterocycles. The molecule has 1 N–H and O–H groups in total. The molecule has 0 aliphatic carbocycles. The van der Waals surface area contributed by atoms with Gasteiger partial charge in [-0.3, -0.25) is 0 Å². The molecule has 1 heterocycles. The van der Waals surface area contributed by atoms with E-state index in [9.17, 15) is 0 Å². The maximum Gasteiger partial charge on any atom is 0.116 e. The number of fused-ring (bicyclic) bond motifs is 1. The standard InChI is InChI=1S/C19H15N/c1-3-9-15(10-4-1)19(16-11-5-2-6-12-16)17-13-7-8-14-18(17)20-19/h1-14,20H. The van der Waals surface area contributed by atoms with E-state index in [1.807, 2.05) is 0 Å². The van der Waals surface area contributed by atoms with Gasteiger partial charge in [0, 0.05) is 11.3 Å². The van der Waals surface area contributed by atoms with Crippen molar-refractivity contribution in [2.45, 2.75) is 5.54 Å². The van der Waals surface area contributed by atoms with Crippen LogP contribution in [0.25, 0.3) is 0 Å². The summed E-state index contributed by atoms with van der Waals surface area (Å²) in [5.74, 6) is 0. The second kappa shape index (κ2) is 4.24. The Morgan fingerprint density at radius 2 is 1.05 bits per heavy atom. The van der Waals surface area contributed by atoms with E-state index in [1.54, 1.807) is 0 Å². The minimum atomic E-state index is -0.209. The Balaban J connectivity index is 1.98. The number of hydrogen-bond donors (Lipinski definition) is 1. The third-order valence-electron chi connectivity index (χ3n) is 4.07. The van der Waals surface area contributed by atoms with E-state index in [1.165, 1.54) is 22.4 Å². The van der Waals surface area contributed by atoms with Gasteiger partial charge in [-0.1, -0.05) is 78.9 Å². The maximum absolute atomic E-state index is 3.67. The van der Waals surface area contributed by atoms with Gasteiger partial charge in [-0.2, -0.15) is 0 Å². The van der Waals surface area contributed by atoms with Gasteiger partial charge in [-0.05, 0) is 17.2 Å². The van der Waals surface area contributed by atoms with Crippen LogP contribution in [-0.2, 0) is 5.54 Å². The molecule has 0 amide bonds. The van der Waals surface area contributed by atoms with E-state index in [0.717, 1.165) is 0 Å². The van der Waals surface area contributed by atoms with Crippen molar-refractivity contribution in [1.29, 1.82) is 0 Å². The Morgan fingerprint density at radius 3 is 1.60 bits per heavy atom. The molecule has 0 saturated carbocycles. The SMILES string of the molecule is c1ccc(C2(c3ccccc3)Nc3ccccc32)cc1. The third-order valence-corrected chi connectivity index (χ3v) is 4.07. The minimum Gasteiger partial charge on any atom is -0.368 e. The highest BCUT2D eigenvalue weighted by molar-refractivity contribution is 5.75. The van der Waals surface area contributed by atoms with Crippen molar-refractivity contribution in [3.05, 3.63) is 102 Å². The quantitative estimate of drug-likeness (QED) is 0.717. The zero-order valence-corrected chi connectivity index (χ0v) is 11.1. The van der Waals surface area contributed by atoms with Crippen LogP contribution in [0.15, 0.2) is 84.9 Å². The number of benzene rings is 3. The van der Waals surface area contributed by atoms with Crippen LogP contribution in [-0.4, -0.2) is 0 Å². The summed E-state index contributed by atoms with van der Waals surface area (Å²) in [7, 11) is 0. The summed E-state index contributed by atoms with van der Waals surface area (Å²) >= 11 is 0. The maximum atomic E-state index is 3.67. The molecule has 0 spiro atoms. The van der Waals surface area contributed by atoms with Gasteiger partial charge in [0.25, 0.3) is 0 Å². The fourth-order valence-corrected chi connectivity index (χ4v) is 3.12. The first-order chi connectivity index (χ1) is 9.91. The Hall–Kier alpha value is -2.54. The van der Waals surface area contributed by atoms with Crippen LogP contribution < -0.4 is 5.32 Å². The summed E-state index contributed by atoms with van der Waals surface area (Å²) in [6.07, 6.45) is 0. The highest BCUT2D eigenvalue weighted by atomic mass is 15.1. The molecule has 0 fully saturated rings. The van der Waals surface area contributed by atoms with Gasteiger partial charge in [0.05, 0.1) is 0 Å². The first-order valence-corrected chi connectivity index (χ1v) is 6.90. The Labute approximate surface area is 118 Å². The number of nitrogens with one attached hydrogen (secondary N) is 1. The van der Waals surface area contributed by atoms with Crippen molar-refractivity contribution in [3.8, 4) is 0 Å². The lowest BCUT2D eigenvalue weighted by Gasteiger charge is -2.46. The molecular weight excluding hydrogens is 242 g/mol. The van der Waals surface area contributed by atoms with Gasteiger partial charge < -0.3 is 5.32 Å². The molecule has 0 aromatic heterocycles. The molecule has 0 atom stereocenters. The van der Waals surface area contributed by atoms with Crippen LogP contribution >= 0.6 is 0 Å². The highest BCUT2D eigenvalue weighted by Gasteiger charge is 2.44. The smallest absolute Gasteiger partial charge is 0.116 e. The van der Waals surface area contributed by atoms with Gasteiger partial charge >= 0.3 is 0 Å². The summed E-state index contributed by atoms with van der Waals surface area (Å²) in [5, 5.41) is 3.67. The van der Waals surface area contributed by atoms with E-state index in [4.69, 9.17) is 0 Å². The highest BCUT2D eigenvalue weighted by Crippen LogP contribution is 2.50. The van der Waals surface area contributed by atoms with E-state index >= 15 is 0 Å². The predicted octanol–water partition coefficient (Wildman–Crippen LogP) is 4.40. The van der Waals surface area contributed by atoms with Crippen LogP contribution in [0.3, 0.4) is 0 Å². The summed E-state index contributed by atoms with van der Waals surface area (Å²) < 4.78 is 0. The molecule has 3 aromatic carbocycles. The summed E-state index contributed by atoms with van der Waals surface area (Å²) in [4.78, 5) is 0. The summed E-state index contributed by atoms with van der Waals surface area (Å²) in [6.45, 7) is 0. The van der Waals surface area contributed by atoms with Crippen LogP contribution in [0.4, 0.5) is 5.69 Å². The molecular formula is C19H15N. The van der Waals surface area contributed by atoms with Crippen molar-refractivity contribution in [3.63, 3.8) is 0 Å². The van der Waals surface area contributed by atoms with Crippen LogP contribution in [0.2, 0.25) is 0 Å². The molecule has 1 aliphatic rings. The van der Waals surface area contributed by atoms with Crippen LogP contribution in [0, 0.1) is 0 Å². The van der Waals surface area contributed by atoms with Gasteiger partial charge in [0.2, 0.25) is 0 Å². The Morgan fingerprint density at radius 1 is 0.550 bits per heavy atom. The van der Waals surface area contributed by atoms with Crippen molar-refractivity contribution < 1.29 is 0 Å². The largest absolute Gasteiger partial charge is 0.368 e. The Bertz CT molecular complexity index is 692. The first kappa shape index (κ1) is 11.3. The number of para-hydroxylation sites is 1. The molecule has 0 radical (unpaired) electrons. The number of rotatable bonds is 2. The lowest BCUT2D eigenvalue weighted by molar-refractivity contribution is 0.660. The van der Waals surface area contributed by atoms with E-state index in [0.29, 0.717) is 0 Å². The molecule has 4 rings (SSSR count). The Kier molecular flexibility index (Phi) is 2.40. The van der Waals surface area contributed by atoms with Crippen LogP contribution in [0.5, 0.6) is 0 Å². The lowest BCUT2D eigenvalue weighted by atomic mass is 9.71. The monoisotopic (exact) mass is 257 g/mol. The van der Waals surface area contributed by atoms with E-state index in [2.05, 4.69) is 90.2 Å². The number of anilines is 1. The van der Waals surface area contributed by atoms with Gasteiger partial charge in [0.1, 0.15) is 5.54 Å². The average molecular weight is 257 g/mol. The summed E-state index contributed by atoms with van der Waals surface area (Å²) in [6, 6.07) is 29.8. The van der Waals surface area contributed by atoms with Gasteiger partial charge in [-0.25, -0.2) is 0 Å². The topological polar surface area (TPSA) is 12.0 Å². The average Bonchev–Trinajstić information content (AvgIpc) is 2.51. The van der Waals surface area contributed by atoms with Crippen molar-refractivity contribution in [2.24, 2.45) is 0 Å². The first-order valence-electron chi connectivity index (χ1n) is 6.90. The normalized spacial score (nSPS) is 14.8. The fourth-order valence-electron chi connectivity index (χ4n) is 3.12. The van der Waals surface area contributed by atoms with Crippen molar-refractivity contribution in [2.75, 3.05) is 5.32 Å². The second-order valence-electron chi connectivity index (χ2n) is 5.15. The van der Waals surface area contributed by atoms with E-state index in [-0.39, 0.29) is 5.54 Å². The third kappa shape index (κ3) is 1.44. The molecule has 0 bridgehead atoms. The summed E-state index contributed by atoms with van der Waals surface area (Å²) in [5.41, 5.74) is 4.92. The zero-order chi connectivity index (χ0) is 13.4. The molecule has 1 heteroatoms. The second-order valence-corrected chi connectivity index (χ2v) is 5.15. The van der Waals surface area contributed by atoms with Crippen LogP contribution in [0.1, 0.15) is 16.7 Å². The molecule has 1 nitrogen and oxygen atoms in total. The number of hydrogen-bond acceptors (Lipinski definition) is 1. The van der Waals surface area contributed by atoms with E-state index < -0.39 is 0 Å². The zero-order valence-electron chi connectivity index (χ0n) is 11.1. The fraction of sp³-hybridized carbons (Fsp3) is 0.0526. The minimum absolute atomic E-state index is 0.209. The molecule has 0 unspecified atom stereocenters. The van der Waals surface area contributed by atoms with Crippen molar-refractivity contribution >= 4 is 5.69 Å².